The molecular weight excluding hydrogens is 1820 g/mol. The van der Waals surface area contributed by atoms with Crippen LogP contribution in [0.4, 0.5) is 83.3 Å². The fourth-order valence-electron chi connectivity index (χ4n) is 13.2. The van der Waals surface area contributed by atoms with E-state index in [1.54, 1.807) is 152 Å². The Morgan fingerprint density at radius 2 is 0.787 bits per heavy atom. The number of carbonyl (C=O) groups excluding carboxylic acids is 7. The standard InChI is InChI=1S/C17H16F3NO2.C16H13ClF3NO.C16H18N2O3S.C14H13ClN2O.C13H16N4O.C13H19N3O.C12H16N2O2/c1-10-3-4-11(8-14(10)21)15(22)9-12-7-13(17(18,19)20)5-6-16(12)23-2;1-9-2-3-10(7-14(9)21)15(22)8-11-6-12(16(18,19)20)4-5-13(11)17;1-11-6-7-13(10-15(11)17)16(19)9-12-4-3-5-14(8-12)18-22(2,20)21;1-9-5-6-10(7-13(9)16)14(18)17-12-4-2-3-11(15)8-12;1-8-4-5-10(7-11(8)14)13(18)15-12-6-9(2)16-17(12)3;1-10-3-4-11(9-12(10)14)13(17)16-7-5-15(2)6-8-16;1-9-2-3-10(8-11(9)13)12(15)14-4-6-16-7-5-14/h3-8H,9,21H2,1-2H3;2-7H,8,21H2,1H3;3-8,10,18H,9,17H2,1-2H3;2-8H,16H2,1H3,(H,17,18);4-7H,14H2,1-3H3,(H,15,18);3-4,9H,5-8,14H2,1-2H3;2-3,8H,4-7,13H2,1H3. The Labute approximate surface area is 796 Å². The smallest absolute Gasteiger partial charge is 0.416 e. The largest absolute Gasteiger partial charge is 0.496 e. The first-order chi connectivity index (χ1) is 63.9. The number of nitrogens with two attached hydrogens (primary N) is 7. The molecule has 11 aromatic carbocycles. The van der Waals surface area contributed by atoms with Crippen molar-refractivity contribution in [2.45, 2.75) is 87.0 Å². The van der Waals surface area contributed by atoms with Crippen molar-refractivity contribution < 1.29 is 77.8 Å². The third-order valence-corrected chi connectivity index (χ3v) is 22.8. The van der Waals surface area contributed by atoms with Crippen LogP contribution >= 0.6 is 23.2 Å². The molecule has 4 amide bonds. The van der Waals surface area contributed by atoms with Crippen molar-refractivity contribution in [3.05, 3.63) is 340 Å². The number of amides is 4. The Morgan fingerprint density at radius 1 is 0.419 bits per heavy atom. The van der Waals surface area contributed by atoms with E-state index in [1.807, 2.05) is 95.0 Å². The van der Waals surface area contributed by atoms with Gasteiger partial charge >= 0.3 is 12.4 Å². The molecule has 17 N–H and O–H groups in total. The van der Waals surface area contributed by atoms with Gasteiger partial charge in [0.2, 0.25) is 10.0 Å². The number of Topliss-reactive ketones (excluding diaryl/α,β-unsaturated/α-hetero) is 3. The highest BCUT2D eigenvalue weighted by Gasteiger charge is 2.33. The van der Waals surface area contributed by atoms with Gasteiger partial charge in [0.05, 0.1) is 43.4 Å². The Morgan fingerprint density at radius 3 is 1.19 bits per heavy atom. The summed E-state index contributed by atoms with van der Waals surface area (Å²) in [4.78, 5) is 91.0. The number of hydrogen-bond acceptors (Lipinski definition) is 20. The first kappa shape index (κ1) is 107. The second-order valence-electron chi connectivity index (χ2n) is 32.4. The number of aryl methyl sites for hydroxylation is 9. The zero-order valence-electron chi connectivity index (χ0n) is 77.3. The number of ether oxygens (including phenoxy) is 2. The second kappa shape index (κ2) is 48.6. The summed E-state index contributed by atoms with van der Waals surface area (Å²) in [5.74, 6) is -0.0954. The predicted molar refractivity (Wildman–Crippen MR) is 528 cm³/mol. The topological polar surface area (TPSA) is 418 Å². The normalized spacial score (nSPS) is 12.4. The molecule has 136 heavy (non-hydrogen) atoms. The Balaban J connectivity index is 0.000000196. The van der Waals surface area contributed by atoms with Crippen LogP contribution in [-0.2, 0) is 53.4 Å². The van der Waals surface area contributed by atoms with Gasteiger partial charge in [-0.3, -0.25) is 43.0 Å². The fraction of sp³-hybridized carbons (Fsp3) is 0.248. The number of sulfonamides is 1. The number of nitrogens with one attached hydrogen (secondary N) is 3. The van der Waals surface area contributed by atoms with Crippen molar-refractivity contribution in [3.63, 3.8) is 0 Å². The number of nitrogens with zero attached hydrogens (tertiary/aromatic N) is 5. The summed E-state index contributed by atoms with van der Waals surface area (Å²) in [5, 5.41) is 10.4. The molecule has 12 aromatic rings. The van der Waals surface area contributed by atoms with Crippen molar-refractivity contribution in [3.8, 4) is 5.75 Å². The number of piperazine rings is 1. The van der Waals surface area contributed by atoms with Gasteiger partial charge in [0.25, 0.3) is 23.6 Å². The number of benzene rings is 11. The number of alkyl halides is 6. The lowest BCUT2D eigenvalue weighted by molar-refractivity contribution is -0.138. The van der Waals surface area contributed by atoms with Crippen molar-refractivity contribution in [2.24, 2.45) is 7.05 Å². The van der Waals surface area contributed by atoms with E-state index in [0.717, 1.165) is 113 Å². The van der Waals surface area contributed by atoms with Crippen LogP contribution in [0.1, 0.15) is 145 Å². The summed E-state index contributed by atoms with van der Waals surface area (Å²) in [7, 11) is 1.87. The molecule has 1 aromatic heterocycles. The number of methoxy groups -OCH3 is 1. The van der Waals surface area contributed by atoms with E-state index in [-0.39, 0.29) is 82.1 Å². The zero-order valence-corrected chi connectivity index (χ0v) is 79.6. The van der Waals surface area contributed by atoms with Gasteiger partial charge in [-0.2, -0.15) is 31.4 Å². The lowest BCUT2D eigenvalue weighted by atomic mass is 9.99. The number of morpholine rings is 1. The molecule has 14 rings (SSSR count). The molecule has 3 heterocycles. The van der Waals surface area contributed by atoms with Gasteiger partial charge in [-0.15, -0.1) is 0 Å². The number of carbonyl (C=O) groups is 7. The van der Waals surface area contributed by atoms with E-state index in [4.69, 9.17) is 72.8 Å². The van der Waals surface area contributed by atoms with Crippen molar-refractivity contribution in [1.82, 2.24) is 24.5 Å². The van der Waals surface area contributed by atoms with E-state index in [1.165, 1.54) is 25.3 Å². The second-order valence-corrected chi connectivity index (χ2v) is 35.0. The van der Waals surface area contributed by atoms with Crippen molar-refractivity contribution in [2.75, 3.05) is 128 Å². The number of hydrogen-bond donors (Lipinski definition) is 10. The molecule has 2 saturated heterocycles. The van der Waals surface area contributed by atoms with Crippen LogP contribution in [0.25, 0.3) is 0 Å². The van der Waals surface area contributed by atoms with Gasteiger partial charge in [-0.25, -0.2) is 8.42 Å². The van der Waals surface area contributed by atoms with E-state index in [9.17, 15) is 68.3 Å². The summed E-state index contributed by atoms with van der Waals surface area (Å²) < 4.78 is 113. The third kappa shape index (κ3) is 32.6. The number of aromatic nitrogens is 2. The highest BCUT2D eigenvalue weighted by molar-refractivity contribution is 7.92. The SMILES string of the molecule is COc1ccc(C(F)(F)F)cc1CC(=O)c1ccc(C)c(N)c1.Cc1cc(NC(=O)c2ccc(C)c(N)c2)n(C)n1.Cc1ccc(C(=O)Cc2cc(C(F)(F)F)ccc2Cl)cc1N.Cc1ccc(C(=O)Cc2cccc(NS(C)(=O)=O)c2)cc1N.Cc1ccc(C(=O)N2CCN(C)CC2)cc1N.Cc1ccc(C(=O)N2CCOCC2)cc1N.Cc1ccc(C(=O)Nc2cccc(Cl)c2)cc1N. The molecule has 0 atom stereocenters. The van der Waals surface area contributed by atoms with E-state index in [2.05, 4.69) is 32.4 Å². The fourth-order valence-corrected chi connectivity index (χ4v) is 14.1. The van der Waals surface area contributed by atoms with E-state index < -0.39 is 33.5 Å². The van der Waals surface area contributed by atoms with Gasteiger partial charge in [0.1, 0.15) is 11.6 Å². The van der Waals surface area contributed by atoms with Gasteiger partial charge < -0.3 is 74.9 Å². The quantitative estimate of drug-likeness (QED) is 0.0217. The number of anilines is 10. The minimum absolute atomic E-state index is 0.0370. The molecule has 0 saturated carbocycles. The lowest BCUT2D eigenvalue weighted by Gasteiger charge is -2.32. The Hall–Kier alpha value is -14.3. The molecule has 0 radical (unpaired) electrons. The lowest BCUT2D eigenvalue weighted by Crippen LogP contribution is -2.47. The van der Waals surface area contributed by atoms with Gasteiger partial charge in [-0.05, 0) is 246 Å². The van der Waals surface area contributed by atoms with Gasteiger partial charge in [0.15, 0.2) is 17.3 Å². The molecule has 2 fully saturated rings. The number of ketones is 3. The molecule has 35 heteroatoms. The summed E-state index contributed by atoms with van der Waals surface area (Å²) in [5.41, 5.74) is 56.1. The number of likely N-dealkylation sites (N-methyl/N-ethyl adjacent to an activating group) is 1. The molecule has 2 aliphatic rings. The highest BCUT2D eigenvalue weighted by Crippen LogP contribution is 2.36. The van der Waals surface area contributed by atoms with Gasteiger partial charge in [-0.1, -0.05) is 102 Å². The molecule has 0 aliphatic carbocycles. The van der Waals surface area contributed by atoms with Crippen molar-refractivity contribution in [1.29, 1.82) is 0 Å². The van der Waals surface area contributed by atoms with Gasteiger partial charge in [0, 0.05) is 177 Å². The van der Waals surface area contributed by atoms with Crippen molar-refractivity contribution >= 4 is 131 Å². The van der Waals surface area contributed by atoms with Crippen LogP contribution in [0, 0.1) is 55.4 Å². The minimum atomic E-state index is -4.48. The van der Waals surface area contributed by atoms with Crippen LogP contribution < -0.4 is 60.2 Å². The van der Waals surface area contributed by atoms with E-state index in [0.29, 0.717) is 127 Å². The number of nitrogen functional groups attached to an aromatic ring is 7. The molecule has 0 bridgehead atoms. The minimum Gasteiger partial charge on any atom is -0.496 e. The first-order valence-electron chi connectivity index (χ1n) is 42.5. The first-order valence-corrected chi connectivity index (χ1v) is 45.1. The van der Waals surface area contributed by atoms with E-state index >= 15 is 0 Å². The predicted octanol–water partition coefficient (Wildman–Crippen LogP) is 18.4. The molecule has 718 valence electrons. The van der Waals surface area contributed by atoms with Crippen LogP contribution in [0.15, 0.2) is 218 Å². The maximum atomic E-state index is 12.8. The average Bonchev–Trinajstić information content (AvgIpc) is 1.02. The zero-order chi connectivity index (χ0) is 100. The number of rotatable bonds is 18. The van der Waals surface area contributed by atoms with Crippen LogP contribution in [0.5, 0.6) is 5.75 Å². The maximum absolute atomic E-state index is 12.8. The highest BCUT2D eigenvalue weighted by atomic mass is 35.5. The molecule has 0 unspecified atom stereocenters. The Bertz CT molecular complexity index is 6440. The summed E-state index contributed by atoms with van der Waals surface area (Å²) >= 11 is 11.7. The third-order valence-electron chi connectivity index (χ3n) is 21.6. The van der Waals surface area contributed by atoms with Crippen LogP contribution in [-0.4, -0.2) is 147 Å². The molecule has 0 spiro atoms. The van der Waals surface area contributed by atoms with Crippen LogP contribution in [0.3, 0.4) is 0 Å². The summed E-state index contributed by atoms with van der Waals surface area (Å²) in [6.07, 6.45) is -8.10. The molecule has 2 aliphatic heterocycles. The molecular formula is C101H111Cl2F6N15O11S. The van der Waals surface area contributed by atoms with Crippen LogP contribution in [0.2, 0.25) is 10.0 Å². The molecule has 26 nitrogen and oxygen atoms in total. The summed E-state index contributed by atoms with van der Waals surface area (Å²) in [6, 6.07) is 57.9. The maximum Gasteiger partial charge on any atom is 0.416 e. The summed E-state index contributed by atoms with van der Waals surface area (Å²) in [6.45, 7) is 21.1. The monoisotopic (exact) mass is 1930 g/mol. The number of halogens is 8. The Kier molecular flexibility index (Phi) is 38.3. The average molecular weight is 1930 g/mol.